The van der Waals surface area contributed by atoms with Crippen molar-refractivity contribution in [2.45, 2.75) is 52.1 Å². The summed E-state index contributed by atoms with van der Waals surface area (Å²) in [6, 6.07) is 0.454. The summed E-state index contributed by atoms with van der Waals surface area (Å²) in [7, 11) is 1.31. The summed E-state index contributed by atoms with van der Waals surface area (Å²) in [4.78, 5) is 3.52. The zero-order valence-corrected chi connectivity index (χ0v) is 11.4. The van der Waals surface area contributed by atoms with Gasteiger partial charge in [0.2, 0.25) is 0 Å². The monoisotopic (exact) mass is 219 g/mol. The van der Waals surface area contributed by atoms with Crippen LogP contribution < -0.4 is 4.98 Å². The summed E-state index contributed by atoms with van der Waals surface area (Å²) in [6.07, 6.45) is 2.18. The van der Waals surface area contributed by atoms with E-state index in [1.165, 1.54) is 0 Å². The second-order valence-electron chi connectivity index (χ2n) is 3.84. The Kier molecular flexibility index (Phi) is 6.60. The molecule has 0 radical (unpaired) electrons. The van der Waals surface area contributed by atoms with Gasteiger partial charge in [-0.15, -0.1) is 0 Å². The predicted octanol–water partition coefficient (Wildman–Crippen LogP) is 2.41. The van der Waals surface area contributed by atoms with Crippen LogP contribution in [0.5, 0.6) is 0 Å². The van der Waals surface area contributed by atoms with E-state index < -0.39 is 8.72 Å². The first-order chi connectivity index (χ1) is 6.56. The Morgan fingerprint density at radius 1 is 1.07 bits per heavy atom. The lowest BCUT2D eigenvalue weighted by Gasteiger charge is -2.35. The molecule has 0 aliphatic heterocycles. The standard InChI is InChI=1S/C10H25NO2Si/c1-7-9(3)11-14(12-5,13-6)10(4)8-2/h9-11H,7-8H2,1-6H3. The molecule has 0 bridgehead atoms. The molecule has 4 heteroatoms. The Morgan fingerprint density at radius 3 is 1.86 bits per heavy atom. The molecule has 14 heavy (non-hydrogen) atoms. The van der Waals surface area contributed by atoms with Crippen LogP contribution in [-0.2, 0) is 8.85 Å². The first kappa shape index (κ1) is 14.1. The van der Waals surface area contributed by atoms with Crippen molar-refractivity contribution in [1.82, 2.24) is 4.98 Å². The molecule has 86 valence electrons. The van der Waals surface area contributed by atoms with Gasteiger partial charge in [0, 0.05) is 25.8 Å². The van der Waals surface area contributed by atoms with E-state index in [2.05, 4.69) is 32.7 Å². The second-order valence-corrected chi connectivity index (χ2v) is 7.26. The molecule has 0 saturated heterocycles. The minimum Gasteiger partial charge on any atom is -0.386 e. The molecule has 0 amide bonds. The van der Waals surface area contributed by atoms with Gasteiger partial charge in [-0.05, 0) is 6.42 Å². The van der Waals surface area contributed by atoms with Crippen LogP contribution in [0.3, 0.4) is 0 Å². The lowest BCUT2D eigenvalue weighted by Crippen LogP contribution is -2.60. The number of nitrogens with one attached hydrogen (secondary N) is 1. The summed E-state index contributed by atoms with van der Waals surface area (Å²) in [5.41, 5.74) is 0.464. The van der Waals surface area contributed by atoms with E-state index in [4.69, 9.17) is 8.85 Å². The summed E-state index contributed by atoms with van der Waals surface area (Å²) in [5.74, 6) is 0. The van der Waals surface area contributed by atoms with Gasteiger partial charge in [0.25, 0.3) is 0 Å². The largest absolute Gasteiger partial charge is 0.427 e. The van der Waals surface area contributed by atoms with Crippen LogP contribution in [0.1, 0.15) is 40.5 Å². The fourth-order valence-corrected chi connectivity index (χ4v) is 4.38. The van der Waals surface area contributed by atoms with Crippen molar-refractivity contribution in [2.75, 3.05) is 14.2 Å². The molecule has 0 saturated carbocycles. The van der Waals surface area contributed by atoms with Crippen LogP contribution in [0.15, 0.2) is 0 Å². The Hall–Kier alpha value is 0.0969. The first-order valence-corrected chi connectivity index (χ1v) is 7.33. The van der Waals surface area contributed by atoms with Gasteiger partial charge in [-0.25, -0.2) is 0 Å². The van der Waals surface area contributed by atoms with Crippen LogP contribution in [0, 0.1) is 0 Å². The zero-order chi connectivity index (χ0) is 11.2. The molecule has 0 spiro atoms. The van der Waals surface area contributed by atoms with E-state index in [0.29, 0.717) is 11.6 Å². The Bertz CT molecular complexity index is 151. The molecule has 2 unspecified atom stereocenters. The second kappa shape index (κ2) is 6.56. The number of rotatable bonds is 7. The normalized spacial score (nSPS) is 16.7. The highest BCUT2D eigenvalue weighted by Gasteiger charge is 2.42. The van der Waals surface area contributed by atoms with Crippen molar-refractivity contribution in [2.24, 2.45) is 0 Å². The molecule has 0 aliphatic rings. The maximum Gasteiger partial charge on any atom is 0.427 e. The van der Waals surface area contributed by atoms with E-state index in [0.717, 1.165) is 12.8 Å². The molecule has 0 aromatic heterocycles. The highest BCUT2D eigenvalue weighted by atomic mass is 28.4. The maximum atomic E-state index is 5.62. The van der Waals surface area contributed by atoms with Gasteiger partial charge in [-0.3, -0.25) is 4.98 Å². The summed E-state index contributed by atoms with van der Waals surface area (Å²) in [6.45, 7) is 8.69. The minimum absolute atomic E-state index is 0.454. The third kappa shape index (κ3) is 3.35. The van der Waals surface area contributed by atoms with Gasteiger partial charge in [-0.1, -0.05) is 34.1 Å². The fourth-order valence-electron chi connectivity index (χ4n) is 1.46. The number of hydrogen-bond acceptors (Lipinski definition) is 3. The Balaban J connectivity index is 4.52. The van der Waals surface area contributed by atoms with E-state index in [-0.39, 0.29) is 0 Å². The zero-order valence-electron chi connectivity index (χ0n) is 10.4. The van der Waals surface area contributed by atoms with Gasteiger partial charge in [0.15, 0.2) is 0 Å². The summed E-state index contributed by atoms with van der Waals surface area (Å²) in [5, 5.41) is 0. The van der Waals surface area contributed by atoms with Crippen LogP contribution in [0.4, 0.5) is 0 Å². The van der Waals surface area contributed by atoms with Crippen LogP contribution >= 0.6 is 0 Å². The molecule has 0 aromatic rings. The van der Waals surface area contributed by atoms with Gasteiger partial charge in [0.1, 0.15) is 0 Å². The fraction of sp³-hybridized carbons (Fsp3) is 1.00. The molecule has 3 nitrogen and oxygen atoms in total. The van der Waals surface area contributed by atoms with E-state index in [9.17, 15) is 0 Å². The maximum absolute atomic E-state index is 5.62. The van der Waals surface area contributed by atoms with Crippen molar-refractivity contribution >= 4 is 8.72 Å². The van der Waals surface area contributed by atoms with Crippen LogP contribution in [-0.4, -0.2) is 29.0 Å². The van der Waals surface area contributed by atoms with E-state index in [1.54, 1.807) is 14.2 Å². The smallest absolute Gasteiger partial charge is 0.386 e. The molecule has 0 aromatic carbocycles. The van der Waals surface area contributed by atoms with Crippen molar-refractivity contribution in [3.8, 4) is 0 Å². The predicted molar refractivity (Wildman–Crippen MR) is 62.4 cm³/mol. The summed E-state index contributed by atoms with van der Waals surface area (Å²) >= 11 is 0. The van der Waals surface area contributed by atoms with Crippen molar-refractivity contribution < 1.29 is 8.85 Å². The third-order valence-electron chi connectivity index (χ3n) is 2.93. The SMILES string of the molecule is CCC(C)N[Si](OC)(OC)C(C)CC. The molecule has 0 fully saturated rings. The number of hydrogen-bond donors (Lipinski definition) is 1. The highest BCUT2D eigenvalue weighted by molar-refractivity contribution is 6.66. The van der Waals surface area contributed by atoms with Gasteiger partial charge in [-0.2, -0.15) is 0 Å². The van der Waals surface area contributed by atoms with E-state index >= 15 is 0 Å². The first-order valence-electron chi connectivity index (χ1n) is 5.44. The van der Waals surface area contributed by atoms with Crippen molar-refractivity contribution in [3.05, 3.63) is 0 Å². The Labute approximate surface area is 89.5 Å². The van der Waals surface area contributed by atoms with Crippen LogP contribution in [0.2, 0.25) is 5.54 Å². The molecule has 2 atom stereocenters. The quantitative estimate of drug-likeness (QED) is 0.667. The molecule has 0 rings (SSSR count). The van der Waals surface area contributed by atoms with Crippen molar-refractivity contribution in [1.29, 1.82) is 0 Å². The molecular weight excluding hydrogens is 194 g/mol. The average Bonchev–Trinajstić information content (AvgIpc) is 2.24. The van der Waals surface area contributed by atoms with Crippen LogP contribution in [0.25, 0.3) is 0 Å². The lowest BCUT2D eigenvalue weighted by atomic mass is 10.3. The van der Waals surface area contributed by atoms with Gasteiger partial charge in [0.05, 0.1) is 0 Å². The average molecular weight is 219 g/mol. The molecule has 0 heterocycles. The van der Waals surface area contributed by atoms with E-state index in [1.807, 2.05) is 0 Å². The summed E-state index contributed by atoms with van der Waals surface area (Å²) < 4.78 is 11.2. The Morgan fingerprint density at radius 2 is 1.57 bits per heavy atom. The minimum atomic E-state index is -2.18. The lowest BCUT2D eigenvalue weighted by molar-refractivity contribution is 0.209. The third-order valence-corrected chi connectivity index (χ3v) is 6.74. The molecular formula is C10H25NO2Si. The highest BCUT2D eigenvalue weighted by Crippen LogP contribution is 2.24. The molecule has 0 aliphatic carbocycles. The van der Waals surface area contributed by atoms with Gasteiger partial charge >= 0.3 is 8.72 Å². The topological polar surface area (TPSA) is 30.5 Å². The van der Waals surface area contributed by atoms with Gasteiger partial charge < -0.3 is 8.85 Å². The molecule has 1 N–H and O–H groups in total. The van der Waals surface area contributed by atoms with Crippen molar-refractivity contribution in [3.63, 3.8) is 0 Å².